The molecule has 12 nitrogen and oxygen atoms in total. The number of carbonyl (C=O) groups is 3. The number of Topliss-reactive ketones (excluding diaryl/α,β-unsaturated/α-hetero) is 1. The molecule has 4 aromatic rings. The monoisotopic (exact) mass is 718 g/mol. The lowest BCUT2D eigenvalue weighted by atomic mass is 9.66. The van der Waals surface area contributed by atoms with Crippen LogP contribution in [0.1, 0.15) is 87.1 Å². The zero-order valence-electron chi connectivity index (χ0n) is 29.9. The maximum Gasteiger partial charge on any atom is 0.303 e. The third kappa shape index (κ3) is 7.69. The van der Waals surface area contributed by atoms with Crippen molar-refractivity contribution in [1.82, 2.24) is 19.3 Å². The maximum atomic E-state index is 14.3. The molecule has 2 heterocycles. The SMILES string of the molecule is CC[C@@H]1CN(Cc2cc([C@@H](c3ccc4c(nnn4CC)c3C)C(C)(C)C(=O)CC(CC(=O)O)CC(=O)O)ccc2C)S(=O)(=O)c2ccccc2O1. The second-order valence-corrected chi connectivity index (χ2v) is 15.9. The van der Waals surface area contributed by atoms with E-state index in [1.165, 1.54) is 4.31 Å². The Morgan fingerprint density at radius 1 is 0.980 bits per heavy atom. The van der Waals surface area contributed by atoms with E-state index in [0.29, 0.717) is 24.2 Å². The van der Waals surface area contributed by atoms with Gasteiger partial charge in [0.1, 0.15) is 28.0 Å². The predicted molar refractivity (Wildman–Crippen MR) is 191 cm³/mol. The van der Waals surface area contributed by atoms with Crippen LogP contribution >= 0.6 is 0 Å². The van der Waals surface area contributed by atoms with Crippen molar-refractivity contribution in [1.29, 1.82) is 0 Å². The van der Waals surface area contributed by atoms with E-state index in [9.17, 15) is 33.0 Å². The van der Waals surface area contributed by atoms with E-state index in [1.807, 2.05) is 58.0 Å². The van der Waals surface area contributed by atoms with Gasteiger partial charge in [-0.3, -0.25) is 14.4 Å². The number of carboxylic acid groups (broad SMARTS) is 2. The van der Waals surface area contributed by atoms with Gasteiger partial charge in [-0.25, -0.2) is 13.1 Å². The minimum Gasteiger partial charge on any atom is -0.488 e. The molecule has 2 atom stereocenters. The second kappa shape index (κ2) is 14.9. The Balaban J connectivity index is 1.62. The molecule has 0 saturated heterocycles. The molecule has 0 fully saturated rings. The number of carbonyl (C=O) groups excluding carboxylic acids is 1. The van der Waals surface area contributed by atoms with Gasteiger partial charge in [-0.1, -0.05) is 62.4 Å². The molecule has 0 saturated carbocycles. The number of ketones is 1. The quantitative estimate of drug-likeness (QED) is 0.155. The van der Waals surface area contributed by atoms with Crippen molar-refractivity contribution in [3.8, 4) is 5.75 Å². The highest BCUT2D eigenvalue weighted by Crippen LogP contribution is 2.46. The molecule has 1 aromatic heterocycles. The van der Waals surface area contributed by atoms with Crippen molar-refractivity contribution in [3.05, 3.63) is 82.4 Å². The van der Waals surface area contributed by atoms with Crippen LogP contribution in [0.15, 0.2) is 59.5 Å². The van der Waals surface area contributed by atoms with E-state index in [-0.39, 0.29) is 36.3 Å². The summed E-state index contributed by atoms with van der Waals surface area (Å²) in [5.41, 5.74) is 4.37. The number of hydrogen-bond acceptors (Lipinski definition) is 8. The minimum atomic E-state index is -3.93. The van der Waals surface area contributed by atoms with Crippen LogP contribution in [-0.4, -0.2) is 68.3 Å². The molecule has 1 aliphatic rings. The number of nitrogens with zero attached hydrogens (tertiary/aromatic N) is 4. The molecule has 13 heteroatoms. The summed E-state index contributed by atoms with van der Waals surface area (Å²) in [5.74, 6) is -3.79. The predicted octanol–water partition coefficient (Wildman–Crippen LogP) is 6.11. The Labute approximate surface area is 298 Å². The zero-order chi connectivity index (χ0) is 37.2. The van der Waals surface area contributed by atoms with Gasteiger partial charge >= 0.3 is 11.9 Å². The zero-order valence-corrected chi connectivity index (χ0v) is 30.7. The molecule has 272 valence electrons. The highest BCUT2D eigenvalue weighted by molar-refractivity contribution is 7.89. The van der Waals surface area contributed by atoms with Crippen LogP contribution in [0.5, 0.6) is 5.75 Å². The normalized spacial score (nSPS) is 16.7. The van der Waals surface area contributed by atoms with E-state index in [0.717, 1.165) is 33.3 Å². The lowest BCUT2D eigenvalue weighted by Crippen LogP contribution is -2.37. The van der Waals surface area contributed by atoms with E-state index in [1.54, 1.807) is 42.8 Å². The number of aryl methyl sites for hydroxylation is 3. The minimum absolute atomic E-state index is 0.0689. The first-order chi connectivity index (χ1) is 24.1. The largest absolute Gasteiger partial charge is 0.488 e. The van der Waals surface area contributed by atoms with Crippen LogP contribution < -0.4 is 4.74 Å². The van der Waals surface area contributed by atoms with Gasteiger partial charge in [0.05, 0.1) is 12.1 Å². The number of aromatic nitrogens is 3. The smallest absolute Gasteiger partial charge is 0.303 e. The second-order valence-electron chi connectivity index (χ2n) is 14.0. The standard InChI is InChI=1S/C38H46N4O8S/c1-7-28-22-41(51(48,49)32-12-10-9-11-31(32)50-28)21-27-20-26(14-13-23(27)3)36(29-15-16-30-37(24(29)4)39-40-42(30)8-2)38(5,6)33(43)17-25(18-34(44)45)19-35(46)47/h9-16,20,25,28,36H,7-8,17-19,21-22H2,1-6H3,(H,44,45)(H,46,47)/t28-,36+/m1/s1. The Morgan fingerprint density at radius 3 is 2.31 bits per heavy atom. The molecule has 0 bridgehead atoms. The van der Waals surface area contributed by atoms with Crippen LogP contribution in [0.4, 0.5) is 0 Å². The number of ether oxygens (including phenoxy) is 1. The number of benzene rings is 3. The molecular weight excluding hydrogens is 673 g/mol. The fourth-order valence-electron chi connectivity index (χ4n) is 7.15. The Kier molecular flexibility index (Phi) is 11.0. The average Bonchev–Trinajstić information content (AvgIpc) is 3.45. The van der Waals surface area contributed by atoms with Gasteiger partial charge in [0, 0.05) is 43.7 Å². The highest BCUT2D eigenvalue weighted by Gasteiger charge is 2.41. The van der Waals surface area contributed by atoms with Crippen LogP contribution in [0.25, 0.3) is 11.0 Å². The molecule has 0 unspecified atom stereocenters. The number of hydrogen-bond donors (Lipinski definition) is 2. The summed E-state index contributed by atoms with van der Waals surface area (Å²) in [5, 5.41) is 27.7. The molecule has 3 aromatic carbocycles. The summed E-state index contributed by atoms with van der Waals surface area (Å²) in [6, 6.07) is 16.3. The van der Waals surface area contributed by atoms with Gasteiger partial charge in [0.25, 0.3) is 0 Å². The molecule has 5 rings (SSSR count). The molecule has 1 aliphatic heterocycles. The van der Waals surface area contributed by atoms with Crippen molar-refractivity contribution in [2.24, 2.45) is 11.3 Å². The summed E-state index contributed by atoms with van der Waals surface area (Å²) in [6.07, 6.45) is -0.889. The summed E-state index contributed by atoms with van der Waals surface area (Å²) in [6.45, 7) is 12.2. The fraction of sp³-hybridized carbons (Fsp3) is 0.447. The lowest BCUT2D eigenvalue weighted by Gasteiger charge is -2.36. The van der Waals surface area contributed by atoms with Gasteiger partial charge in [-0.2, -0.15) is 4.31 Å². The molecule has 0 spiro atoms. The number of rotatable bonds is 14. The fourth-order valence-corrected chi connectivity index (χ4v) is 8.72. The lowest BCUT2D eigenvalue weighted by molar-refractivity contribution is -0.141. The van der Waals surface area contributed by atoms with E-state index in [2.05, 4.69) is 10.3 Å². The van der Waals surface area contributed by atoms with E-state index < -0.39 is 52.1 Å². The van der Waals surface area contributed by atoms with Gasteiger partial charge in [-0.05, 0) is 79.1 Å². The topological polar surface area (TPSA) is 169 Å². The Bertz CT molecular complexity index is 2060. The van der Waals surface area contributed by atoms with Crippen LogP contribution in [-0.2, 0) is 37.5 Å². The van der Waals surface area contributed by atoms with Crippen LogP contribution in [0.2, 0.25) is 0 Å². The first kappa shape index (κ1) is 37.6. The van der Waals surface area contributed by atoms with Crippen molar-refractivity contribution in [2.75, 3.05) is 6.54 Å². The van der Waals surface area contributed by atoms with Crippen molar-refractivity contribution >= 4 is 38.8 Å². The molecule has 2 N–H and O–H groups in total. The third-order valence-corrected chi connectivity index (χ3v) is 12.0. The van der Waals surface area contributed by atoms with E-state index >= 15 is 0 Å². The summed E-state index contributed by atoms with van der Waals surface area (Å²) < 4.78 is 37.5. The first-order valence-electron chi connectivity index (χ1n) is 17.2. The average molecular weight is 719 g/mol. The van der Waals surface area contributed by atoms with Gasteiger partial charge in [-0.15, -0.1) is 5.10 Å². The van der Waals surface area contributed by atoms with Crippen LogP contribution in [0, 0.1) is 25.2 Å². The highest BCUT2D eigenvalue weighted by atomic mass is 32.2. The summed E-state index contributed by atoms with van der Waals surface area (Å²) in [4.78, 5) is 37.7. The molecule has 0 radical (unpaired) electrons. The van der Waals surface area contributed by atoms with Gasteiger partial charge in [0.15, 0.2) is 0 Å². The first-order valence-corrected chi connectivity index (χ1v) is 18.7. The van der Waals surface area contributed by atoms with Crippen molar-refractivity contribution in [3.63, 3.8) is 0 Å². The molecule has 0 amide bonds. The summed E-state index contributed by atoms with van der Waals surface area (Å²) >= 11 is 0. The Hall–Kier alpha value is -4.62. The molecule has 0 aliphatic carbocycles. The molecule has 51 heavy (non-hydrogen) atoms. The Morgan fingerprint density at radius 2 is 1.67 bits per heavy atom. The summed E-state index contributed by atoms with van der Waals surface area (Å²) in [7, 11) is -3.93. The number of aliphatic carboxylic acids is 2. The van der Waals surface area contributed by atoms with Crippen molar-refractivity contribution < 1.29 is 37.8 Å². The van der Waals surface area contributed by atoms with E-state index in [4.69, 9.17) is 4.74 Å². The number of carboxylic acids is 2. The molecular formula is C38H46N4O8S. The van der Waals surface area contributed by atoms with Crippen molar-refractivity contribution in [2.45, 2.75) is 97.2 Å². The number of sulfonamides is 1. The maximum absolute atomic E-state index is 14.3. The third-order valence-electron chi connectivity index (χ3n) is 10.1. The van der Waals surface area contributed by atoms with Gasteiger partial charge < -0.3 is 14.9 Å². The number of fused-ring (bicyclic) bond motifs is 2. The van der Waals surface area contributed by atoms with Crippen LogP contribution in [0.3, 0.4) is 0 Å². The van der Waals surface area contributed by atoms with Gasteiger partial charge in [0.2, 0.25) is 10.0 Å². The number of para-hydroxylation sites is 1.